The molecule has 0 saturated carbocycles. The highest BCUT2D eigenvalue weighted by Crippen LogP contribution is 2.44. The average Bonchev–Trinajstić information content (AvgIpc) is 3.44. The van der Waals surface area contributed by atoms with Gasteiger partial charge in [0.2, 0.25) is 5.91 Å². The summed E-state index contributed by atoms with van der Waals surface area (Å²) in [5, 5.41) is 10.6. The molecular weight excluding hydrogens is 490 g/mol. The number of carboxylic acids is 1. The Bertz CT molecular complexity index is 1010. The van der Waals surface area contributed by atoms with Gasteiger partial charge in [0.25, 0.3) is 0 Å². The van der Waals surface area contributed by atoms with Crippen LogP contribution in [0.5, 0.6) is 5.75 Å². The molecule has 7 nitrogen and oxygen atoms in total. The molecule has 1 aromatic rings. The van der Waals surface area contributed by atoms with Gasteiger partial charge in [-0.2, -0.15) is 0 Å². The first-order chi connectivity index (χ1) is 18.4. The topological polar surface area (TPSA) is 73.3 Å². The van der Waals surface area contributed by atoms with E-state index in [1.54, 1.807) is 0 Å². The number of carbonyl (C=O) groups is 2. The van der Waals surface area contributed by atoms with Crippen LogP contribution in [-0.4, -0.2) is 91.2 Å². The van der Waals surface area contributed by atoms with Crippen molar-refractivity contribution < 1.29 is 19.4 Å². The lowest BCUT2D eigenvalue weighted by atomic mass is 9.77. The molecule has 2 heterocycles. The monoisotopic (exact) mass is 541 g/mol. The summed E-state index contributed by atoms with van der Waals surface area (Å²) in [5.74, 6) is -0.522. The number of benzene rings is 1. The van der Waals surface area contributed by atoms with Gasteiger partial charge in [0, 0.05) is 38.0 Å². The molecule has 1 N–H and O–H groups in total. The first-order valence-corrected chi connectivity index (χ1v) is 14.7. The van der Waals surface area contributed by atoms with Gasteiger partial charge in [-0.3, -0.25) is 14.5 Å². The van der Waals surface area contributed by atoms with Crippen molar-refractivity contribution in [1.29, 1.82) is 0 Å². The molecule has 2 aliphatic rings. The molecule has 3 rings (SSSR count). The first-order valence-electron chi connectivity index (χ1n) is 14.7. The van der Waals surface area contributed by atoms with Gasteiger partial charge < -0.3 is 19.6 Å². The number of carboxylic acid groups (broad SMARTS) is 1. The lowest BCUT2D eigenvalue weighted by molar-refractivity contribution is -0.144. The predicted molar refractivity (Wildman–Crippen MR) is 157 cm³/mol. The minimum absolute atomic E-state index is 0.111. The van der Waals surface area contributed by atoms with E-state index in [2.05, 4.69) is 70.7 Å². The van der Waals surface area contributed by atoms with Crippen molar-refractivity contribution >= 4 is 11.9 Å². The maximum absolute atomic E-state index is 13.7. The van der Waals surface area contributed by atoms with Crippen molar-refractivity contribution in [3.8, 4) is 5.75 Å². The maximum atomic E-state index is 13.7. The van der Waals surface area contributed by atoms with Crippen LogP contribution >= 0.6 is 0 Å². The molecule has 7 heteroatoms. The number of unbranched alkanes of at least 4 members (excludes halogenated alkanes) is 1. The number of ether oxygens (including phenoxy) is 1. The largest absolute Gasteiger partial charge is 0.493 e. The minimum Gasteiger partial charge on any atom is -0.493 e. The van der Waals surface area contributed by atoms with E-state index in [1.807, 2.05) is 17.0 Å². The Morgan fingerprint density at radius 3 is 2.51 bits per heavy atom. The summed E-state index contributed by atoms with van der Waals surface area (Å²) in [6.45, 7) is 14.6. The molecule has 3 unspecified atom stereocenters. The normalized spacial score (nSPS) is 21.1. The summed E-state index contributed by atoms with van der Waals surface area (Å²) >= 11 is 0. The van der Waals surface area contributed by atoms with Crippen molar-refractivity contribution in [2.24, 2.45) is 11.3 Å². The molecule has 39 heavy (non-hydrogen) atoms. The molecule has 218 valence electrons. The highest BCUT2D eigenvalue weighted by Gasteiger charge is 2.48. The van der Waals surface area contributed by atoms with Crippen molar-refractivity contribution in [2.45, 2.75) is 78.7 Å². The summed E-state index contributed by atoms with van der Waals surface area (Å²) in [5.41, 5.74) is 3.22. The van der Waals surface area contributed by atoms with Crippen LogP contribution in [0.25, 0.3) is 0 Å². The second-order valence-electron chi connectivity index (χ2n) is 12.7. The summed E-state index contributed by atoms with van der Waals surface area (Å²) in [4.78, 5) is 32.9. The zero-order valence-electron chi connectivity index (χ0n) is 25.3. The van der Waals surface area contributed by atoms with E-state index in [4.69, 9.17) is 4.74 Å². The highest BCUT2D eigenvalue weighted by molar-refractivity contribution is 5.79. The number of amides is 1. The second-order valence-corrected chi connectivity index (χ2v) is 12.7. The van der Waals surface area contributed by atoms with Gasteiger partial charge in [0.1, 0.15) is 5.75 Å². The Morgan fingerprint density at radius 1 is 1.15 bits per heavy atom. The Kier molecular flexibility index (Phi) is 11.0. The fourth-order valence-corrected chi connectivity index (χ4v) is 6.46. The van der Waals surface area contributed by atoms with Crippen LogP contribution in [0.4, 0.5) is 0 Å². The number of allylic oxidation sites excluding steroid dienone is 2. The Labute approximate surface area is 236 Å². The van der Waals surface area contributed by atoms with E-state index in [0.717, 1.165) is 62.2 Å². The van der Waals surface area contributed by atoms with E-state index in [0.29, 0.717) is 19.6 Å². The van der Waals surface area contributed by atoms with Gasteiger partial charge in [0.15, 0.2) is 0 Å². The van der Waals surface area contributed by atoms with Crippen molar-refractivity contribution in [3.05, 3.63) is 41.0 Å². The lowest BCUT2D eigenvalue weighted by Gasteiger charge is -2.34. The van der Waals surface area contributed by atoms with Gasteiger partial charge in [-0.25, -0.2) is 0 Å². The lowest BCUT2D eigenvalue weighted by Crippen LogP contribution is -2.46. The minimum atomic E-state index is -0.779. The third-order valence-corrected chi connectivity index (χ3v) is 8.10. The molecule has 0 radical (unpaired) electrons. The molecular formula is C32H51N3O4. The molecule has 2 aliphatic heterocycles. The summed E-state index contributed by atoms with van der Waals surface area (Å²) < 4.78 is 5.71. The zero-order chi connectivity index (χ0) is 28.7. The van der Waals surface area contributed by atoms with Crippen LogP contribution in [0.1, 0.15) is 77.3 Å². The van der Waals surface area contributed by atoms with Crippen LogP contribution in [0.2, 0.25) is 0 Å². The molecule has 3 atom stereocenters. The van der Waals surface area contributed by atoms with Crippen molar-refractivity contribution in [3.63, 3.8) is 0 Å². The summed E-state index contributed by atoms with van der Waals surface area (Å²) in [6, 6.07) is 5.93. The fraction of sp³-hybridized carbons (Fsp3) is 0.688. The SMILES string of the molecule is CCCCN(CCCN(C)C)C(=O)CN1CC(c2ccc3c(c2)CCO3)C(C(=O)O)C1CC(C)(C)C=C(C)C. The number of nitrogens with zero attached hydrogens (tertiary/aromatic N) is 3. The van der Waals surface area contributed by atoms with E-state index in [-0.39, 0.29) is 29.8 Å². The predicted octanol–water partition coefficient (Wildman–Crippen LogP) is 5.05. The summed E-state index contributed by atoms with van der Waals surface area (Å²) in [6.07, 6.45) is 6.71. The molecule has 1 aromatic carbocycles. The molecule has 1 saturated heterocycles. The highest BCUT2D eigenvalue weighted by atomic mass is 16.5. The number of carbonyl (C=O) groups excluding carboxylic acids is 1. The fourth-order valence-electron chi connectivity index (χ4n) is 6.46. The third-order valence-electron chi connectivity index (χ3n) is 8.10. The maximum Gasteiger partial charge on any atom is 0.308 e. The van der Waals surface area contributed by atoms with Crippen LogP contribution in [0.15, 0.2) is 29.8 Å². The van der Waals surface area contributed by atoms with Crippen LogP contribution in [0, 0.1) is 11.3 Å². The number of hydrogen-bond donors (Lipinski definition) is 1. The van der Waals surface area contributed by atoms with E-state index in [9.17, 15) is 14.7 Å². The average molecular weight is 542 g/mol. The van der Waals surface area contributed by atoms with Gasteiger partial charge in [0.05, 0.1) is 19.1 Å². The number of likely N-dealkylation sites (tertiary alicyclic amines) is 1. The summed E-state index contributed by atoms with van der Waals surface area (Å²) in [7, 11) is 4.11. The molecule has 1 fully saturated rings. The van der Waals surface area contributed by atoms with E-state index in [1.165, 1.54) is 5.57 Å². The Balaban J connectivity index is 1.91. The van der Waals surface area contributed by atoms with Crippen molar-refractivity contribution in [2.75, 3.05) is 53.4 Å². The molecule has 0 aromatic heterocycles. The van der Waals surface area contributed by atoms with Crippen LogP contribution < -0.4 is 4.74 Å². The second kappa shape index (κ2) is 13.8. The Morgan fingerprint density at radius 2 is 1.87 bits per heavy atom. The molecule has 1 amide bonds. The first kappa shape index (κ1) is 31.2. The molecule has 0 bridgehead atoms. The van der Waals surface area contributed by atoms with Crippen LogP contribution in [0.3, 0.4) is 0 Å². The zero-order valence-corrected chi connectivity index (χ0v) is 25.3. The third kappa shape index (κ3) is 8.55. The van der Waals surface area contributed by atoms with Gasteiger partial charge >= 0.3 is 5.97 Å². The van der Waals surface area contributed by atoms with Crippen molar-refractivity contribution in [1.82, 2.24) is 14.7 Å². The van der Waals surface area contributed by atoms with E-state index < -0.39 is 11.9 Å². The van der Waals surface area contributed by atoms with Gasteiger partial charge in [-0.1, -0.05) is 51.0 Å². The van der Waals surface area contributed by atoms with Gasteiger partial charge in [-0.15, -0.1) is 0 Å². The number of hydrogen-bond acceptors (Lipinski definition) is 5. The molecule has 0 spiro atoms. The molecule has 0 aliphatic carbocycles. The van der Waals surface area contributed by atoms with Gasteiger partial charge in [-0.05, 0) is 76.4 Å². The number of rotatable bonds is 14. The van der Waals surface area contributed by atoms with E-state index >= 15 is 0 Å². The quantitative estimate of drug-likeness (QED) is 0.332. The standard InChI is InChI=1S/C32H51N3O4/c1-8-9-15-34(16-10-14-33(6)7)29(36)22-35-21-26(24-11-12-28-25(18-24)13-17-39-28)30(31(37)38)27(35)20-32(4,5)19-23(2)3/h11-12,18-19,26-27,30H,8-10,13-17,20-22H2,1-7H3,(H,37,38). The smallest absolute Gasteiger partial charge is 0.308 e. The number of fused-ring (bicyclic) bond motifs is 1. The Hall–Kier alpha value is -2.38. The number of aliphatic carboxylic acids is 1. The van der Waals surface area contributed by atoms with Crippen LogP contribution in [-0.2, 0) is 16.0 Å².